The zero-order valence-corrected chi connectivity index (χ0v) is 12.8. The number of anilines is 1. The molecule has 0 bridgehead atoms. The average molecular weight is 298 g/mol. The lowest BCUT2D eigenvalue weighted by molar-refractivity contribution is 0.199. The Bertz CT molecular complexity index is 472. The minimum Gasteiger partial charge on any atom is -0.383 e. The summed E-state index contributed by atoms with van der Waals surface area (Å²) in [5.41, 5.74) is 4.01. The Morgan fingerprint density at radius 1 is 1.37 bits per heavy atom. The van der Waals surface area contributed by atoms with Gasteiger partial charge in [0.15, 0.2) is 5.13 Å². The molecule has 0 amide bonds. The zero-order chi connectivity index (χ0) is 13.5. The summed E-state index contributed by atoms with van der Waals surface area (Å²) < 4.78 is 4.99. The fourth-order valence-corrected chi connectivity index (χ4v) is 2.91. The van der Waals surface area contributed by atoms with E-state index in [-0.39, 0.29) is 0 Å². The highest BCUT2D eigenvalue weighted by Crippen LogP contribution is 2.20. The Morgan fingerprint density at radius 3 is 3.00 bits per heavy atom. The number of rotatable bonds is 8. The second kappa shape index (κ2) is 7.54. The van der Waals surface area contributed by atoms with Crippen molar-refractivity contribution in [2.24, 2.45) is 0 Å². The first-order valence-corrected chi connectivity index (χ1v) is 7.84. The Balaban J connectivity index is 1.82. The molecule has 104 valence electrons. The van der Waals surface area contributed by atoms with Gasteiger partial charge in [-0.3, -0.25) is 0 Å². The molecule has 2 heterocycles. The highest BCUT2D eigenvalue weighted by molar-refractivity contribution is 7.13. The van der Waals surface area contributed by atoms with Gasteiger partial charge >= 0.3 is 0 Å². The number of hydrogen-bond acceptors (Lipinski definition) is 7. The molecule has 0 saturated heterocycles. The van der Waals surface area contributed by atoms with Gasteiger partial charge in [-0.05, 0) is 0 Å². The van der Waals surface area contributed by atoms with E-state index in [9.17, 15) is 0 Å². The second-order valence-corrected chi connectivity index (χ2v) is 5.68. The third kappa shape index (κ3) is 4.54. The van der Waals surface area contributed by atoms with Gasteiger partial charge in [0.1, 0.15) is 0 Å². The van der Waals surface area contributed by atoms with Crippen molar-refractivity contribution in [3.8, 4) is 0 Å². The fraction of sp³-hybridized carbons (Fsp3) is 0.500. The summed E-state index contributed by atoms with van der Waals surface area (Å²) in [5.74, 6) is 0. The summed E-state index contributed by atoms with van der Waals surface area (Å²) in [7, 11) is 3.75. The monoisotopic (exact) mass is 298 g/mol. The van der Waals surface area contributed by atoms with Crippen LogP contribution in [-0.4, -0.2) is 37.3 Å². The lowest BCUT2D eigenvalue weighted by Gasteiger charge is -2.13. The molecule has 0 spiro atoms. The van der Waals surface area contributed by atoms with Crippen LogP contribution in [0.15, 0.2) is 16.3 Å². The molecule has 7 heteroatoms. The molecule has 1 N–H and O–H groups in total. The van der Waals surface area contributed by atoms with Gasteiger partial charge in [-0.15, -0.1) is 22.7 Å². The van der Waals surface area contributed by atoms with E-state index >= 15 is 0 Å². The maximum absolute atomic E-state index is 4.99. The Labute approximate surface area is 121 Å². The van der Waals surface area contributed by atoms with E-state index in [0.29, 0.717) is 0 Å². The number of thiazole rings is 2. The van der Waals surface area contributed by atoms with E-state index in [2.05, 4.69) is 30.9 Å². The molecule has 2 aromatic heterocycles. The highest BCUT2D eigenvalue weighted by atomic mass is 32.1. The number of ether oxygens (including phenoxy) is 1. The molecule has 0 fully saturated rings. The summed E-state index contributed by atoms with van der Waals surface area (Å²) in [5, 5.41) is 8.47. The molecule has 19 heavy (non-hydrogen) atoms. The van der Waals surface area contributed by atoms with Crippen LogP contribution in [0.3, 0.4) is 0 Å². The van der Waals surface area contributed by atoms with Crippen molar-refractivity contribution < 1.29 is 4.74 Å². The number of nitrogens with zero attached hydrogens (tertiary/aromatic N) is 3. The third-order valence-corrected chi connectivity index (χ3v) is 4.18. The van der Waals surface area contributed by atoms with Crippen LogP contribution in [0.5, 0.6) is 0 Å². The normalized spacial score (nSPS) is 10.8. The predicted octanol–water partition coefficient (Wildman–Crippen LogP) is 1.97. The largest absolute Gasteiger partial charge is 0.383 e. The van der Waals surface area contributed by atoms with Crippen LogP contribution < -0.4 is 10.2 Å². The van der Waals surface area contributed by atoms with Crippen molar-refractivity contribution in [1.29, 1.82) is 0 Å². The number of hydrogen-bond donors (Lipinski definition) is 1. The van der Waals surface area contributed by atoms with Crippen LogP contribution in [0.1, 0.15) is 11.4 Å². The van der Waals surface area contributed by atoms with Gasteiger partial charge in [0, 0.05) is 38.0 Å². The molecule has 5 nitrogen and oxygen atoms in total. The smallest absolute Gasteiger partial charge is 0.185 e. The van der Waals surface area contributed by atoms with Crippen molar-refractivity contribution in [3.63, 3.8) is 0 Å². The Hall–Kier alpha value is -1.02. The number of nitrogens with one attached hydrogen (secondary N) is 1. The molecule has 0 aromatic carbocycles. The van der Waals surface area contributed by atoms with E-state index in [1.807, 2.05) is 12.6 Å². The number of methoxy groups -OCH3 is 1. The van der Waals surface area contributed by atoms with Gasteiger partial charge < -0.3 is 15.0 Å². The second-order valence-electron chi connectivity index (χ2n) is 4.13. The summed E-state index contributed by atoms with van der Waals surface area (Å²) in [6.45, 7) is 3.15. The molecular formula is C12H18N4OS2. The molecule has 0 aliphatic carbocycles. The maximum Gasteiger partial charge on any atom is 0.185 e. The van der Waals surface area contributed by atoms with Gasteiger partial charge in [-0.25, -0.2) is 9.97 Å². The Morgan fingerprint density at radius 2 is 2.26 bits per heavy atom. The van der Waals surface area contributed by atoms with Crippen molar-refractivity contribution >= 4 is 27.8 Å². The number of aromatic nitrogens is 2. The van der Waals surface area contributed by atoms with Gasteiger partial charge in [-0.1, -0.05) is 0 Å². The van der Waals surface area contributed by atoms with Gasteiger partial charge in [-0.2, -0.15) is 0 Å². The molecule has 0 radical (unpaired) electrons. The van der Waals surface area contributed by atoms with E-state index in [4.69, 9.17) is 4.74 Å². The molecule has 0 aliphatic rings. The van der Waals surface area contributed by atoms with Crippen LogP contribution in [0, 0.1) is 0 Å². The lowest BCUT2D eigenvalue weighted by Crippen LogP contribution is -2.19. The quantitative estimate of drug-likeness (QED) is 0.755. The van der Waals surface area contributed by atoms with E-state index in [0.717, 1.165) is 42.8 Å². The molecule has 0 aliphatic heterocycles. The topological polar surface area (TPSA) is 50.3 Å². The summed E-state index contributed by atoms with van der Waals surface area (Å²) in [6, 6.07) is 0. The molecule has 0 unspecified atom stereocenters. The van der Waals surface area contributed by atoms with E-state index in [1.54, 1.807) is 29.8 Å². The molecule has 2 rings (SSSR count). The van der Waals surface area contributed by atoms with Gasteiger partial charge in [0.2, 0.25) is 0 Å². The van der Waals surface area contributed by atoms with Crippen LogP contribution in [0.25, 0.3) is 0 Å². The summed E-state index contributed by atoms with van der Waals surface area (Å²) in [4.78, 5) is 11.0. The van der Waals surface area contributed by atoms with Crippen LogP contribution >= 0.6 is 22.7 Å². The van der Waals surface area contributed by atoms with Gasteiger partial charge in [0.25, 0.3) is 0 Å². The predicted molar refractivity (Wildman–Crippen MR) is 79.9 cm³/mol. The van der Waals surface area contributed by atoms with Gasteiger partial charge in [0.05, 0.1) is 30.1 Å². The van der Waals surface area contributed by atoms with Crippen molar-refractivity contribution in [3.05, 3.63) is 27.7 Å². The molecule has 2 aromatic rings. The minimum absolute atomic E-state index is 0.723. The van der Waals surface area contributed by atoms with E-state index in [1.165, 1.54) is 0 Å². The van der Waals surface area contributed by atoms with Crippen molar-refractivity contribution in [2.45, 2.75) is 13.1 Å². The fourth-order valence-electron chi connectivity index (χ4n) is 1.57. The summed E-state index contributed by atoms with van der Waals surface area (Å²) >= 11 is 3.28. The standard InChI is InChI=1S/C12H18N4OS2/c1-16(6-11-7-18-9-14-11)12-15-10(8-19-12)5-13-3-4-17-2/h7-9,13H,3-6H2,1-2H3. The molecule has 0 atom stereocenters. The Kier molecular flexibility index (Phi) is 5.71. The third-order valence-electron chi connectivity index (χ3n) is 2.54. The minimum atomic E-state index is 0.723. The summed E-state index contributed by atoms with van der Waals surface area (Å²) in [6.07, 6.45) is 0. The first kappa shape index (κ1) is 14.4. The van der Waals surface area contributed by atoms with Crippen LogP contribution in [0.2, 0.25) is 0 Å². The highest BCUT2D eigenvalue weighted by Gasteiger charge is 2.08. The zero-order valence-electron chi connectivity index (χ0n) is 11.1. The van der Waals surface area contributed by atoms with Crippen molar-refractivity contribution in [2.75, 3.05) is 32.2 Å². The van der Waals surface area contributed by atoms with Crippen LogP contribution in [-0.2, 0) is 17.8 Å². The first-order chi connectivity index (χ1) is 9.29. The SMILES string of the molecule is COCCNCc1csc(N(C)Cc2cscn2)n1. The lowest BCUT2D eigenvalue weighted by atomic mass is 10.4. The van der Waals surface area contributed by atoms with Crippen LogP contribution in [0.4, 0.5) is 5.13 Å². The maximum atomic E-state index is 4.99. The average Bonchev–Trinajstić information content (AvgIpc) is 3.05. The molecule has 0 saturated carbocycles. The van der Waals surface area contributed by atoms with Crippen molar-refractivity contribution in [1.82, 2.24) is 15.3 Å². The molecular weight excluding hydrogens is 280 g/mol. The van der Waals surface area contributed by atoms with E-state index < -0.39 is 0 Å². The first-order valence-electron chi connectivity index (χ1n) is 6.02.